The van der Waals surface area contributed by atoms with E-state index in [4.69, 9.17) is 11.6 Å². The molecule has 2 aliphatic heterocycles. The minimum absolute atomic E-state index is 0.371. The monoisotopic (exact) mass is 385 g/mol. The average molecular weight is 386 g/mol. The van der Waals surface area contributed by atoms with Crippen molar-refractivity contribution in [3.8, 4) is 0 Å². The molecule has 26 heavy (non-hydrogen) atoms. The zero-order valence-corrected chi connectivity index (χ0v) is 15.9. The van der Waals surface area contributed by atoms with E-state index in [0.29, 0.717) is 11.1 Å². The lowest BCUT2D eigenvalue weighted by atomic mass is 9.92. The Morgan fingerprint density at radius 1 is 1.27 bits per heavy atom. The van der Waals surface area contributed by atoms with Crippen LogP contribution < -0.4 is 4.72 Å². The number of benzene rings is 1. The number of allylic oxidation sites excluding steroid dienone is 1. The predicted octanol–water partition coefficient (Wildman–Crippen LogP) is 4.50. The van der Waals surface area contributed by atoms with Crippen LogP contribution in [0, 0.1) is 0 Å². The highest BCUT2D eigenvalue weighted by Crippen LogP contribution is 2.46. The molecule has 0 spiro atoms. The second kappa shape index (κ2) is 6.57. The molecule has 0 saturated carbocycles. The average Bonchev–Trinajstić information content (AvgIpc) is 2.70. The van der Waals surface area contributed by atoms with Crippen molar-refractivity contribution in [2.24, 2.45) is 0 Å². The SMILES string of the molecule is [O-][S+]1Nc2c(cc(Cl)c3cccnc23)C2=CC(N3CCCCC3)CC=C21. The summed E-state index contributed by atoms with van der Waals surface area (Å²) in [4.78, 5) is 7.92. The van der Waals surface area contributed by atoms with Gasteiger partial charge in [-0.05, 0) is 56.6 Å². The van der Waals surface area contributed by atoms with Gasteiger partial charge in [0, 0.05) is 28.8 Å². The van der Waals surface area contributed by atoms with Crippen molar-refractivity contribution in [2.45, 2.75) is 31.7 Å². The summed E-state index contributed by atoms with van der Waals surface area (Å²) in [6, 6.07) is 6.18. The topological polar surface area (TPSA) is 51.2 Å². The number of rotatable bonds is 1. The summed E-state index contributed by atoms with van der Waals surface area (Å²) in [7, 11) is 0. The van der Waals surface area contributed by atoms with Gasteiger partial charge < -0.3 is 4.55 Å². The number of hydrogen-bond acceptors (Lipinski definition) is 4. The molecule has 1 aromatic carbocycles. The van der Waals surface area contributed by atoms with Crippen molar-refractivity contribution in [3.63, 3.8) is 0 Å². The molecule has 4 nitrogen and oxygen atoms in total. The van der Waals surface area contributed by atoms with Gasteiger partial charge in [-0.1, -0.05) is 24.1 Å². The number of aromatic nitrogens is 1. The molecule has 3 heterocycles. The number of nitrogens with zero attached hydrogens (tertiary/aromatic N) is 2. The van der Waals surface area contributed by atoms with Crippen LogP contribution in [0.5, 0.6) is 0 Å². The molecule has 2 unspecified atom stereocenters. The molecule has 1 saturated heterocycles. The van der Waals surface area contributed by atoms with E-state index in [-0.39, 0.29) is 0 Å². The van der Waals surface area contributed by atoms with Crippen LogP contribution in [0.3, 0.4) is 0 Å². The molecule has 0 radical (unpaired) electrons. The van der Waals surface area contributed by atoms with E-state index in [0.717, 1.165) is 52.1 Å². The first-order valence-electron chi connectivity index (χ1n) is 9.15. The summed E-state index contributed by atoms with van der Waals surface area (Å²) in [6.07, 6.45) is 11.0. The van der Waals surface area contributed by atoms with Gasteiger partial charge in [0.15, 0.2) is 4.91 Å². The first kappa shape index (κ1) is 16.6. The van der Waals surface area contributed by atoms with E-state index in [2.05, 4.69) is 26.8 Å². The van der Waals surface area contributed by atoms with Gasteiger partial charge in [-0.25, -0.2) is 4.72 Å². The fraction of sp³-hybridized carbons (Fsp3) is 0.350. The van der Waals surface area contributed by atoms with E-state index in [1.807, 2.05) is 18.2 Å². The first-order chi connectivity index (χ1) is 12.7. The van der Waals surface area contributed by atoms with Crippen molar-refractivity contribution in [3.05, 3.63) is 52.0 Å². The summed E-state index contributed by atoms with van der Waals surface area (Å²) >= 11 is 5.29. The van der Waals surface area contributed by atoms with Crippen LogP contribution in [0.2, 0.25) is 5.02 Å². The van der Waals surface area contributed by atoms with Crippen LogP contribution in [0.15, 0.2) is 41.5 Å². The van der Waals surface area contributed by atoms with Crippen molar-refractivity contribution in [1.29, 1.82) is 0 Å². The highest BCUT2D eigenvalue weighted by molar-refractivity contribution is 7.97. The Hall–Kier alpha value is -1.53. The van der Waals surface area contributed by atoms with Crippen molar-refractivity contribution in [1.82, 2.24) is 9.88 Å². The Labute approximate surface area is 161 Å². The van der Waals surface area contributed by atoms with E-state index < -0.39 is 11.4 Å². The lowest BCUT2D eigenvalue weighted by Gasteiger charge is -2.36. The van der Waals surface area contributed by atoms with Gasteiger partial charge in [-0.3, -0.25) is 9.88 Å². The zero-order valence-electron chi connectivity index (χ0n) is 14.4. The third-order valence-electron chi connectivity index (χ3n) is 5.56. The predicted molar refractivity (Wildman–Crippen MR) is 108 cm³/mol. The smallest absolute Gasteiger partial charge is 0.183 e. The second-order valence-corrected chi connectivity index (χ2v) is 8.69. The van der Waals surface area contributed by atoms with Crippen molar-refractivity contribution >= 4 is 45.1 Å². The van der Waals surface area contributed by atoms with Crippen LogP contribution in [0.1, 0.15) is 31.2 Å². The molecule has 3 aliphatic rings. The molecule has 1 aromatic heterocycles. The fourth-order valence-corrected chi connectivity index (χ4v) is 5.64. The second-order valence-electron chi connectivity index (χ2n) is 7.10. The van der Waals surface area contributed by atoms with Crippen LogP contribution in [0.25, 0.3) is 16.5 Å². The van der Waals surface area contributed by atoms with Crippen molar-refractivity contribution < 1.29 is 4.55 Å². The summed E-state index contributed by atoms with van der Waals surface area (Å²) in [5.74, 6) is 0. The zero-order chi connectivity index (χ0) is 17.7. The van der Waals surface area contributed by atoms with Gasteiger partial charge in [0.2, 0.25) is 0 Å². The van der Waals surface area contributed by atoms with Crippen LogP contribution in [-0.2, 0) is 11.4 Å². The molecular formula is C20H20ClN3OS. The number of hydrogen-bond donors (Lipinski definition) is 1. The molecule has 2 atom stereocenters. The lowest BCUT2D eigenvalue weighted by molar-refractivity contribution is 0.191. The number of fused-ring (bicyclic) bond motifs is 5. The van der Waals surface area contributed by atoms with Crippen LogP contribution >= 0.6 is 11.6 Å². The van der Waals surface area contributed by atoms with E-state index in [1.165, 1.54) is 19.3 Å². The maximum absolute atomic E-state index is 12.8. The molecule has 0 bridgehead atoms. The number of nitrogens with one attached hydrogen (secondary N) is 1. The number of pyridine rings is 1. The van der Waals surface area contributed by atoms with Gasteiger partial charge in [0.1, 0.15) is 17.0 Å². The third-order valence-corrected chi connectivity index (χ3v) is 7.04. The minimum Gasteiger partial charge on any atom is -0.588 e. The van der Waals surface area contributed by atoms with Crippen molar-refractivity contribution in [2.75, 3.05) is 17.8 Å². The number of likely N-dealkylation sites (tertiary alicyclic amines) is 1. The van der Waals surface area contributed by atoms with Gasteiger partial charge in [-0.15, -0.1) is 0 Å². The standard InChI is InChI=1S/C20H20ClN3OS/c21-17-12-16-15-11-13(24-9-2-1-3-10-24)6-7-18(15)26(25)23-20(16)19-14(17)5-4-8-22-19/h4-5,7-8,11-13,23H,1-3,6,9-10H2. The van der Waals surface area contributed by atoms with Crippen LogP contribution in [-0.4, -0.2) is 33.6 Å². The summed E-state index contributed by atoms with van der Waals surface area (Å²) in [6.45, 7) is 2.29. The maximum Gasteiger partial charge on any atom is 0.183 e. The number of anilines is 1. The van der Waals surface area contributed by atoms with E-state index in [1.54, 1.807) is 6.20 Å². The highest BCUT2D eigenvalue weighted by atomic mass is 35.5. The molecule has 1 aliphatic carbocycles. The quantitative estimate of drug-likeness (QED) is 0.734. The highest BCUT2D eigenvalue weighted by Gasteiger charge is 2.36. The lowest BCUT2D eigenvalue weighted by Crippen LogP contribution is -2.39. The summed E-state index contributed by atoms with van der Waals surface area (Å²) in [5.41, 5.74) is 3.66. The minimum atomic E-state index is -1.26. The summed E-state index contributed by atoms with van der Waals surface area (Å²) in [5, 5.41) is 1.57. The Bertz CT molecular complexity index is 936. The fourth-order valence-electron chi connectivity index (χ4n) is 4.25. The molecule has 1 fully saturated rings. The Balaban J connectivity index is 1.65. The molecule has 6 heteroatoms. The Kier molecular flexibility index (Phi) is 4.20. The van der Waals surface area contributed by atoms with E-state index in [9.17, 15) is 4.55 Å². The van der Waals surface area contributed by atoms with Gasteiger partial charge in [-0.2, -0.15) is 0 Å². The largest absolute Gasteiger partial charge is 0.588 e. The van der Waals surface area contributed by atoms with Gasteiger partial charge in [0.05, 0.1) is 10.5 Å². The molecule has 134 valence electrons. The Morgan fingerprint density at radius 3 is 2.96 bits per heavy atom. The molecule has 5 rings (SSSR count). The van der Waals surface area contributed by atoms with Gasteiger partial charge >= 0.3 is 0 Å². The molecular weight excluding hydrogens is 366 g/mol. The van der Waals surface area contributed by atoms with Crippen LogP contribution in [0.4, 0.5) is 5.69 Å². The third kappa shape index (κ3) is 2.65. The molecule has 0 amide bonds. The van der Waals surface area contributed by atoms with E-state index >= 15 is 0 Å². The molecule has 1 N–H and O–H groups in total. The number of halogens is 1. The maximum atomic E-state index is 12.8. The first-order valence-corrected chi connectivity index (χ1v) is 10.7. The normalized spacial score (nSPS) is 25.8. The number of piperidine rings is 1. The molecule has 2 aromatic rings. The van der Waals surface area contributed by atoms with Gasteiger partial charge in [0.25, 0.3) is 0 Å². The summed E-state index contributed by atoms with van der Waals surface area (Å²) < 4.78 is 16.0. The Morgan fingerprint density at radius 2 is 2.12 bits per heavy atom.